The summed E-state index contributed by atoms with van der Waals surface area (Å²) in [7, 11) is -3.32. The molecule has 1 heterocycles. The molecule has 0 bridgehead atoms. The topological polar surface area (TPSA) is 92.9 Å². The van der Waals surface area contributed by atoms with Gasteiger partial charge in [0.05, 0.1) is 25.1 Å². The van der Waals surface area contributed by atoms with E-state index in [1.807, 2.05) is 0 Å². The first-order valence-corrected chi connectivity index (χ1v) is 8.67. The van der Waals surface area contributed by atoms with Crippen LogP contribution in [0.2, 0.25) is 0 Å². The first kappa shape index (κ1) is 16.2. The number of benzene rings is 1. The standard InChI is InChI=1S/C14H22N2O4S/c15-13-3-1-2-12(10-13)11-21(18,19)16-6-4-14(5-7-16)20-9-8-17/h1-3,10,14,17H,4-9,11,15H2. The third-order valence-corrected chi connectivity index (χ3v) is 5.39. The second-order valence-electron chi connectivity index (χ2n) is 5.19. The van der Waals surface area contributed by atoms with Crippen molar-refractivity contribution in [3.63, 3.8) is 0 Å². The number of hydrogen-bond donors (Lipinski definition) is 2. The monoisotopic (exact) mass is 314 g/mol. The molecule has 0 amide bonds. The molecule has 0 saturated carbocycles. The van der Waals surface area contributed by atoms with Gasteiger partial charge in [-0.2, -0.15) is 0 Å². The van der Waals surface area contributed by atoms with Gasteiger partial charge >= 0.3 is 0 Å². The van der Waals surface area contributed by atoms with Crippen molar-refractivity contribution < 1.29 is 18.3 Å². The van der Waals surface area contributed by atoms with Crippen LogP contribution in [0.15, 0.2) is 24.3 Å². The number of nitrogen functional groups attached to an aromatic ring is 1. The number of ether oxygens (including phenoxy) is 1. The molecule has 118 valence electrons. The summed E-state index contributed by atoms with van der Waals surface area (Å²) in [4.78, 5) is 0. The van der Waals surface area contributed by atoms with Crippen molar-refractivity contribution in [1.82, 2.24) is 4.31 Å². The van der Waals surface area contributed by atoms with Crippen LogP contribution in [-0.4, -0.2) is 50.2 Å². The van der Waals surface area contributed by atoms with Gasteiger partial charge in [-0.1, -0.05) is 12.1 Å². The summed E-state index contributed by atoms with van der Waals surface area (Å²) in [5, 5.41) is 8.72. The number of piperidine rings is 1. The number of hydrogen-bond acceptors (Lipinski definition) is 5. The van der Waals surface area contributed by atoms with Crippen LogP contribution < -0.4 is 5.73 Å². The Morgan fingerprint density at radius 3 is 2.67 bits per heavy atom. The lowest BCUT2D eigenvalue weighted by Gasteiger charge is -2.31. The highest BCUT2D eigenvalue weighted by molar-refractivity contribution is 7.88. The number of aliphatic hydroxyl groups is 1. The molecule has 1 fully saturated rings. The Morgan fingerprint density at radius 1 is 1.33 bits per heavy atom. The minimum atomic E-state index is -3.32. The summed E-state index contributed by atoms with van der Waals surface area (Å²) in [6, 6.07) is 6.95. The Hall–Kier alpha value is -1.15. The molecule has 0 atom stereocenters. The number of sulfonamides is 1. The first-order chi connectivity index (χ1) is 10.0. The third kappa shape index (κ3) is 4.67. The Kier molecular flexibility index (Phi) is 5.58. The van der Waals surface area contributed by atoms with Gasteiger partial charge in [-0.25, -0.2) is 12.7 Å². The van der Waals surface area contributed by atoms with E-state index >= 15 is 0 Å². The van der Waals surface area contributed by atoms with Crippen LogP contribution in [0.1, 0.15) is 18.4 Å². The predicted octanol–water partition coefficient (Wildman–Crippen LogP) is 0.572. The van der Waals surface area contributed by atoms with E-state index in [1.165, 1.54) is 4.31 Å². The summed E-state index contributed by atoms with van der Waals surface area (Å²) in [5.41, 5.74) is 6.95. The molecule has 0 spiro atoms. The molecule has 7 heteroatoms. The molecular weight excluding hydrogens is 292 g/mol. The van der Waals surface area contributed by atoms with Gasteiger partial charge in [-0.15, -0.1) is 0 Å². The van der Waals surface area contributed by atoms with Crippen LogP contribution in [0, 0.1) is 0 Å². The van der Waals surface area contributed by atoms with E-state index in [0.29, 0.717) is 43.8 Å². The lowest BCUT2D eigenvalue weighted by Crippen LogP contribution is -2.41. The second-order valence-corrected chi connectivity index (χ2v) is 7.16. The number of nitrogens with two attached hydrogens (primary N) is 1. The maximum Gasteiger partial charge on any atom is 0.218 e. The molecule has 3 N–H and O–H groups in total. The zero-order valence-electron chi connectivity index (χ0n) is 11.9. The van der Waals surface area contributed by atoms with Crippen LogP contribution in [0.3, 0.4) is 0 Å². The van der Waals surface area contributed by atoms with E-state index in [0.717, 1.165) is 0 Å². The molecular formula is C14H22N2O4S. The quantitative estimate of drug-likeness (QED) is 0.749. The minimum absolute atomic E-state index is 0.00601. The lowest BCUT2D eigenvalue weighted by molar-refractivity contribution is 0.00317. The van der Waals surface area contributed by atoms with Crippen LogP contribution in [-0.2, 0) is 20.5 Å². The second kappa shape index (κ2) is 7.22. The zero-order valence-corrected chi connectivity index (χ0v) is 12.8. The SMILES string of the molecule is Nc1cccc(CS(=O)(=O)N2CCC(OCCO)CC2)c1. The third-order valence-electron chi connectivity index (χ3n) is 3.54. The largest absolute Gasteiger partial charge is 0.399 e. The van der Waals surface area contributed by atoms with Gasteiger partial charge < -0.3 is 15.6 Å². The zero-order chi connectivity index (χ0) is 15.3. The smallest absolute Gasteiger partial charge is 0.218 e. The van der Waals surface area contributed by atoms with Gasteiger partial charge in [0.25, 0.3) is 0 Å². The van der Waals surface area contributed by atoms with E-state index < -0.39 is 10.0 Å². The molecule has 1 aliphatic heterocycles. The summed E-state index contributed by atoms with van der Waals surface area (Å²) in [6.45, 7) is 1.22. The van der Waals surface area contributed by atoms with E-state index in [1.54, 1.807) is 24.3 Å². The maximum atomic E-state index is 12.4. The number of aliphatic hydroxyl groups excluding tert-OH is 1. The van der Waals surface area contributed by atoms with Crippen molar-refractivity contribution >= 4 is 15.7 Å². The minimum Gasteiger partial charge on any atom is -0.399 e. The average molecular weight is 314 g/mol. The van der Waals surface area contributed by atoms with Gasteiger partial charge in [0, 0.05) is 18.8 Å². The number of anilines is 1. The molecule has 1 aromatic rings. The maximum absolute atomic E-state index is 12.4. The fraction of sp³-hybridized carbons (Fsp3) is 0.571. The Bertz CT molecular complexity index is 554. The highest BCUT2D eigenvalue weighted by Gasteiger charge is 2.28. The highest BCUT2D eigenvalue weighted by atomic mass is 32.2. The van der Waals surface area contributed by atoms with Crippen molar-refractivity contribution in [2.45, 2.75) is 24.7 Å². The number of rotatable bonds is 6. The Labute approximate surface area is 125 Å². The predicted molar refractivity (Wildman–Crippen MR) is 81.1 cm³/mol. The molecule has 1 aromatic carbocycles. The van der Waals surface area contributed by atoms with Crippen molar-refractivity contribution in [2.75, 3.05) is 32.0 Å². The van der Waals surface area contributed by atoms with Gasteiger partial charge in [-0.3, -0.25) is 0 Å². The van der Waals surface area contributed by atoms with Gasteiger partial charge in [0.2, 0.25) is 10.0 Å². The summed E-state index contributed by atoms with van der Waals surface area (Å²) in [5.74, 6) is -0.0276. The van der Waals surface area contributed by atoms with Gasteiger partial charge in [0.15, 0.2) is 0 Å². The van der Waals surface area contributed by atoms with Crippen LogP contribution in [0.4, 0.5) is 5.69 Å². The average Bonchev–Trinajstić information content (AvgIpc) is 2.45. The highest BCUT2D eigenvalue weighted by Crippen LogP contribution is 2.20. The molecule has 1 aliphatic rings. The van der Waals surface area contributed by atoms with E-state index in [4.69, 9.17) is 15.6 Å². The first-order valence-electron chi connectivity index (χ1n) is 7.06. The Balaban J connectivity index is 1.92. The van der Waals surface area contributed by atoms with E-state index in [9.17, 15) is 8.42 Å². The Morgan fingerprint density at radius 2 is 2.05 bits per heavy atom. The molecule has 6 nitrogen and oxygen atoms in total. The van der Waals surface area contributed by atoms with Crippen LogP contribution >= 0.6 is 0 Å². The van der Waals surface area contributed by atoms with Crippen molar-refractivity contribution in [3.05, 3.63) is 29.8 Å². The van der Waals surface area contributed by atoms with Gasteiger partial charge in [-0.05, 0) is 30.5 Å². The molecule has 0 aromatic heterocycles. The van der Waals surface area contributed by atoms with Crippen molar-refractivity contribution in [1.29, 1.82) is 0 Å². The van der Waals surface area contributed by atoms with Crippen LogP contribution in [0.25, 0.3) is 0 Å². The molecule has 0 radical (unpaired) electrons. The van der Waals surface area contributed by atoms with Crippen LogP contribution in [0.5, 0.6) is 0 Å². The molecule has 1 saturated heterocycles. The van der Waals surface area contributed by atoms with Gasteiger partial charge in [0.1, 0.15) is 0 Å². The van der Waals surface area contributed by atoms with E-state index in [-0.39, 0.29) is 18.5 Å². The lowest BCUT2D eigenvalue weighted by atomic mass is 10.1. The number of nitrogens with zero attached hydrogens (tertiary/aromatic N) is 1. The summed E-state index contributed by atoms with van der Waals surface area (Å²) in [6.07, 6.45) is 1.36. The molecule has 21 heavy (non-hydrogen) atoms. The molecule has 0 aliphatic carbocycles. The van der Waals surface area contributed by atoms with Crippen molar-refractivity contribution in [2.24, 2.45) is 0 Å². The summed E-state index contributed by atoms with van der Waals surface area (Å²) < 4.78 is 31.7. The molecule has 2 rings (SSSR count). The normalized spacial score (nSPS) is 18.0. The molecule has 0 unspecified atom stereocenters. The fourth-order valence-corrected chi connectivity index (χ4v) is 4.03. The van der Waals surface area contributed by atoms with E-state index in [2.05, 4.69) is 0 Å². The van der Waals surface area contributed by atoms with Crippen molar-refractivity contribution in [3.8, 4) is 0 Å². The fourth-order valence-electron chi connectivity index (χ4n) is 2.48. The summed E-state index contributed by atoms with van der Waals surface area (Å²) >= 11 is 0.